The molecule has 3 nitrogen and oxygen atoms in total. The van der Waals surface area contributed by atoms with Gasteiger partial charge in [-0.25, -0.2) is 0 Å². The molecule has 1 atom stereocenters. The van der Waals surface area contributed by atoms with Crippen LogP contribution in [0.2, 0.25) is 0 Å². The Labute approximate surface area is 107 Å². The Morgan fingerprint density at radius 1 is 1.44 bits per heavy atom. The van der Waals surface area contributed by atoms with Crippen LogP contribution in [0.4, 0.5) is 0 Å². The number of ketones is 1. The van der Waals surface area contributed by atoms with E-state index in [1.165, 1.54) is 0 Å². The largest absolute Gasteiger partial charge is 0.340 e. The normalized spacial score (nSPS) is 12.3. The lowest BCUT2D eigenvalue weighted by Gasteiger charge is -2.09. The predicted molar refractivity (Wildman–Crippen MR) is 71.1 cm³/mol. The number of carbonyl (C=O) groups is 1. The average molecular weight is 240 g/mol. The third-order valence-corrected chi connectivity index (χ3v) is 3.42. The Balaban J connectivity index is 2.36. The van der Waals surface area contributed by atoms with Crippen molar-refractivity contribution in [2.75, 3.05) is 0 Å². The molecule has 1 aromatic carbocycles. The lowest BCUT2D eigenvalue weighted by atomic mass is 10.0. The monoisotopic (exact) mass is 240 g/mol. The van der Waals surface area contributed by atoms with E-state index < -0.39 is 0 Å². The molecule has 18 heavy (non-hydrogen) atoms. The minimum atomic E-state index is 0.0848. The molecule has 2 rings (SSSR count). The summed E-state index contributed by atoms with van der Waals surface area (Å²) in [4.78, 5) is 12.0. The highest BCUT2D eigenvalue weighted by Gasteiger charge is 2.13. The van der Waals surface area contributed by atoms with Crippen molar-refractivity contribution < 1.29 is 4.79 Å². The van der Waals surface area contributed by atoms with Gasteiger partial charge in [-0.2, -0.15) is 5.26 Å². The number of hydrogen-bond donors (Lipinski definition) is 0. The maximum Gasteiger partial charge on any atom is 0.155 e. The van der Waals surface area contributed by atoms with E-state index in [4.69, 9.17) is 5.26 Å². The standard InChI is InChI=1S/C15H16N2O/c1-3-11(2)15(18)10-17-8-7-13-12(9-16)5-4-6-14(13)17/h4-8,11H,3,10H2,1-2H3. The molecule has 0 N–H and O–H groups in total. The van der Waals surface area contributed by atoms with Crippen molar-refractivity contribution >= 4 is 16.7 Å². The molecule has 0 aliphatic heterocycles. The van der Waals surface area contributed by atoms with Crippen LogP contribution in [0.25, 0.3) is 10.9 Å². The summed E-state index contributed by atoms with van der Waals surface area (Å²) in [5.41, 5.74) is 1.60. The third-order valence-electron chi connectivity index (χ3n) is 3.42. The zero-order chi connectivity index (χ0) is 13.1. The first-order chi connectivity index (χ1) is 8.67. The summed E-state index contributed by atoms with van der Waals surface area (Å²) in [5, 5.41) is 9.94. The number of nitriles is 1. The summed E-state index contributed by atoms with van der Waals surface area (Å²) in [6.45, 7) is 4.35. The highest BCUT2D eigenvalue weighted by Crippen LogP contribution is 2.20. The fourth-order valence-electron chi connectivity index (χ4n) is 2.01. The van der Waals surface area contributed by atoms with Gasteiger partial charge in [-0.15, -0.1) is 0 Å². The van der Waals surface area contributed by atoms with Crippen molar-refractivity contribution in [3.05, 3.63) is 36.0 Å². The molecule has 0 amide bonds. The van der Waals surface area contributed by atoms with E-state index in [1.54, 1.807) is 6.07 Å². The molecule has 1 aromatic heterocycles. The molecule has 2 aromatic rings. The van der Waals surface area contributed by atoms with Crippen LogP contribution in [0.5, 0.6) is 0 Å². The topological polar surface area (TPSA) is 45.8 Å². The Kier molecular flexibility index (Phi) is 3.47. The second-order valence-corrected chi connectivity index (χ2v) is 4.57. The summed E-state index contributed by atoms with van der Waals surface area (Å²) in [6.07, 6.45) is 2.74. The molecule has 0 aliphatic carbocycles. The van der Waals surface area contributed by atoms with Crippen molar-refractivity contribution in [3.63, 3.8) is 0 Å². The molecular formula is C15H16N2O. The number of fused-ring (bicyclic) bond motifs is 1. The zero-order valence-corrected chi connectivity index (χ0v) is 10.7. The molecule has 1 heterocycles. The summed E-state index contributed by atoms with van der Waals surface area (Å²) in [6, 6.07) is 9.66. The summed E-state index contributed by atoms with van der Waals surface area (Å²) >= 11 is 0. The number of rotatable bonds is 4. The molecular weight excluding hydrogens is 224 g/mol. The Morgan fingerprint density at radius 2 is 2.22 bits per heavy atom. The van der Waals surface area contributed by atoms with E-state index in [2.05, 4.69) is 6.07 Å². The van der Waals surface area contributed by atoms with Gasteiger partial charge in [-0.3, -0.25) is 4.79 Å². The van der Waals surface area contributed by atoms with Crippen molar-refractivity contribution in [2.24, 2.45) is 5.92 Å². The summed E-state index contributed by atoms with van der Waals surface area (Å²) < 4.78 is 1.92. The van der Waals surface area contributed by atoms with Crippen molar-refractivity contribution in [3.8, 4) is 6.07 Å². The fraction of sp³-hybridized carbons (Fsp3) is 0.333. The van der Waals surface area contributed by atoms with Gasteiger partial charge in [0.05, 0.1) is 18.2 Å². The summed E-state index contributed by atoms with van der Waals surface area (Å²) in [5.74, 6) is 0.318. The molecule has 0 fully saturated rings. The van der Waals surface area contributed by atoms with Gasteiger partial charge in [0.1, 0.15) is 0 Å². The van der Waals surface area contributed by atoms with Crippen LogP contribution in [0, 0.1) is 17.2 Å². The summed E-state index contributed by atoms with van der Waals surface area (Å²) in [7, 11) is 0. The van der Waals surface area contributed by atoms with Crippen LogP contribution in [-0.4, -0.2) is 10.4 Å². The number of benzene rings is 1. The molecule has 0 aliphatic rings. The Hall–Kier alpha value is -2.08. The first kappa shape index (κ1) is 12.4. The van der Waals surface area contributed by atoms with Crippen molar-refractivity contribution in [2.45, 2.75) is 26.8 Å². The van der Waals surface area contributed by atoms with E-state index in [9.17, 15) is 4.79 Å². The van der Waals surface area contributed by atoms with Gasteiger partial charge < -0.3 is 4.57 Å². The van der Waals surface area contributed by atoms with Gasteiger partial charge in [-0.05, 0) is 24.6 Å². The highest BCUT2D eigenvalue weighted by molar-refractivity contribution is 5.88. The highest BCUT2D eigenvalue weighted by atomic mass is 16.1. The molecule has 0 spiro atoms. The molecule has 0 bridgehead atoms. The van der Waals surface area contributed by atoms with E-state index in [-0.39, 0.29) is 11.7 Å². The van der Waals surface area contributed by atoms with Crippen LogP contribution >= 0.6 is 0 Å². The smallest absolute Gasteiger partial charge is 0.155 e. The molecule has 92 valence electrons. The van der Waals surface area contributed by atoms with E-state index >= 15 is 0 Å². The Bertz CT molecular complexity index is 619. The average Bonchev–Trinajstić information content (AvgIpc) is 2.81. The molecule has 3 heteroatoms. The van der Waals surface area contributed by atoms with Gasteiger partial charge in [0.15, 0.2) is 5.78 Å². The number of hydrogen-bond acceptors (Lipinski definition) is 2. The minimum Gasteiger partial charge on any atom is -0.340 e. The number of carbonyl (C=O) groups excluding carboxylic acids is 1. The lowest BCUT2D eigenvalue weighted by molar-refractivity contribution is -0.122. The number of nitrogens with zero attached hydrogens (tertiary/aromatic N) is 2. The fourth-order valence-corrected chi connectivity index (χ4v) is 2.01. The molecule has 1 unspecified atom stereocenters. The van der Waals surface area contributed by atoms with Gasteiger partial charge in [0.25, 0.3) is 0 Å². The van der Waals surface area contributed by atoms with Gasteiger partial charge in [0, 0.05) is 23.0 Å². The lowest BCUT2D eigenvalue weighted by Crippen LogP contribution is -2.16. The second-order valence-electron chi connectivity index (χ2n) is 4.57. The first-order valence-electron chi connectivity index (χ1n) is 6.18. The maximum atomic E-state index is 12.0. The van der Waals surface area contributed by atoms with Gasteiger partial charge >= 0.3 is 0 Å². The van der Waals surface area contributed by atoms with Crippen LogP contribution in [-0.2, 0) is 11.3 Å². The number of Topliss-reactive ketones (excluding diaryl/α,β-unsaturated/α-hetero) is 1. The van der Waals surface area contributed by atoms with Crippen LogP contribution in [0.15, 0.2) is 30.5 Å². The Morgan fingerprint density at radius 3 is 2.89 bits per heavy atom. The van der Waals surface area contributed by atoms with E-state index in [0.717, 1.165) is 17.3 Å². The molecule has 0 radical (unpaired) electrons. The third kappa shape index (κ3) is 2.14. The van der Waals surface area contributed by atoms with E-state index in [1.807, 2.05) is 42.8 Å². The van der Waals surface area contributed by atoms with Crippen molar-refractivity contribution in [1.29, 1.82) is 5.26 Å². The van der Waals surface area contributed by atoms with Gasteiger partial charge in [0.2, 0.25) is 0 Å². The van der Waals surface area contributed by atoms with Crippen molar-refractivity contribution in [1.82, 2.24) is 4.57 Å². The SMILES string of the molecule is CCC(C)C(=O)Cn1ccc2c(C#N)cccc21. The van der Waals surface area contributed by atoms with E-state index in [0.29, 0.717) is 12.1 Å². The molecule has 0 saturated carbocycles. The van der Waals surface area contributed by atoms with Crippen LogP contribution in [0.3, 0.4) is 0 Å². The quantitative estimate of drug-likeness (QED) is 0.824. The first-order valence-corrected chi connectivity index (χ1v) is 6.18. The predicted octanol–water partition coefficient (Wildman–Crippen LogP) is 3.13. The minimum absolute atomic E-state index is 0.0848. The number of aromatic nitrogens is 1. The maximum absolute atomic E-state index is 12.0. The zero-order valence-electron chi connectivity index (χ0n) is 10.7. The molecule has 0 saturated heterocycles. The van der Waals surface area contributed by atoms with Crippen LogP contribution in [0.1, 0.15) is 25.8 Å². The van der Waals surface area contributed by atoms with Crippen LogP contribution < -0.4 is 0 Å². The van der Waals surface area contributed by atoms with Gasteiger partial charge in [-0.1, -0.05) is 19.9 Å². The second kappa shape index (κ2) is 5.05.